The van der Waals surface area contributed by atoms with E-state index in [1.165, 1.54) is 11.6 Å². The number of carboxylic acid groups (broad SMARTS) is 1. The third-order valence-electron chi connectivity index (χ3n) is 5.23. The standard InChI is InChI=1S/C25H28N4O5/c1-14(2)16-5-9-18(10-6-16)26-25(33)27-19-11-7-17(8-12-19)20-13-21(34-29-20)23(30)28-22(15(3)4)24(31)32/h5-15,22H,1-4H3,(H,28,30)(H,31,32)(H2,26,27,33)/t22-/m0/s1. The molecule has 9 nitrogen and oxygen atoms in total. The molecule has 2 aromatic carbocycles. The van der Waals surface area contributed by atoms with Crippen LogP contribution in [0.15, 0.2) is 59.1 Å². The van der Waals surface area contributed by atoms with Crippen LogP contribution < -0.4 is 16.0 Å². The molecule has 9 heteroatoms. The first kappa shape index (κ1) is 24.5. The van der Waals surface area contributed by atoms with Gasteiger partial charge in [0.05, 0.1) is 0 Å². The van der Waals surface area contributed by atoms with E-state index in [0.29, 0.717) is 28.6 Å². The Balaban J connectivity index is 1.60. The molecule has 3 rings (SSSR count). The van der Waals surface area contributed by atoms with Crippen LogP contribution in [-0.4, -0.2) is 34.2 Å². The molecular formula is C25H28N4O5. The summed E-state index contributed by atoms with van der Waals surface area (Å²) in [7, 11) is 0. The van der Waals surface area contributed by atoms with Gasteiger partial charge in [-0.15, -0.1) is 0 Å². The first-order valence-corrected chi connectivity index (χ1v) is 10.9. The second-order valence-corrected chi connectivity index (χ2v) is 8.54. The number of nitrogens with zero attached hydrogens (tertiary/aromatic N) is 1. The van der Waals surface area contributed by atoms with E-state index in [1.807, 2.05) is 24.3 Å². The minimum Gasteiger partial charge on any atom is -0.480 e. The molecule has 0 saturated heterocycles. The number of anilines is 2. The molecule has 3 aromatic rings. The van der Waals surface area contributed by atoms with Crippen molar-refractivity contribution in [2.45, 2.75) is 39.7 Å². The lowest BCUT2D eigenvalue weighted by Gasteiger charge is -2.16. The van der Waals surface area contributed by atoms with Crippen LogP contribution >= 0.6 is 0 Å². The minimum absolute atomic E-state index is 0.0908. The summed E-state index contributed by atoms with van der Waals surface area (Å²) in [5, 5.41) is 21.1. The van der Waals surface area contributed by atoms with Crippen LogP contribution in [-0.2, 0) is 4.79 Å². The molecule has 3 amide bonds. The molecule has 0 saturated carbocycles. The molecule has 0 aliphatic carbocycles. The van der Waals surface area contributed by atoms with Gasteiger partial charge in [0.15, 0.2) is 0 Å². The minimum atomic E-state index is -1.12. The summed E-state index contributed by atoms with van der Waals surface area (Å²) in [6.07, 6.45) is 0. The van der Waals surface area contributed by atoms with Gasteiger partial charge in [-0.25, -0.2) is 9.59 Å². The number of rotatable bonds is 8. The SMILES string of the molecule is CC(C)c1ccc(NC(=O)Nc2ccc(-c3cc(C(=O)N[C@H](C(=O)O)C(C)C)on3)cc2)cc1. The van der Waals surface area contributed by atoms with Crippen molar-refractivity contribution in [1.82, 2.24) is 10.5 Å². The largest absolute Gasteiger partial charge is 0.480 e. The zero-order valence-electron chi connectivity index (χ0n) is 19.5. The summed E-state index contributed by atoms with van der Waals surface area (Å²) in [6, 6.07) is 14.5. The van der Waals surface area contributed by atoms with Crippen LogP contribution in [0.25, 0.3) is 11.3 Å². The van der Waals surface area contributed by atoms with E-state index in [-0.39, 0.29) is 17.7 Å². The summed E-state index contributed by atoms with van der Waals surface area (Å²) >= 11 is 0. The molecule has 0 aliphatic heterocycles. The summed E-state index contributed by atoms with van der Waals surface area (Å²) in [5.41, 5.74) is 3.52. The van der Waals surface area contributed by atoms with Crippen LogP contribution in [0.1, 0.15) is 49.7 Å². The Labute approximate surface area is 197 Å². The van der Waals surface area contributed by atoms with Crippen molar-refractivity contribution in [3.8, 4) is 11.3 Å². The van der Waals surface area contributed by atoms with E-state index in [2.05, 4.69) is 35.0 Å². The van der Waals surface area contributed by atoms with E-state index in [1.54, 1.807) is 38.1 Å². The fourth-order valence-electron chi connectivity index (χ4n) is 3.21. The molecule has 0 fully saturated rings. The number of urea groups is 1. The van der Waals surface area contributed by atoms with Gasteiger partial charge in [-0.1, -0.05) is 57.1 Å². The highest BCUT2D eigenvalue weighted by atomic mass is 16.5. The lowest BCUT2D eigenvalue weighted by molar-refractivity contribution is -0.140. The topological polar surface area (TPSA) is 134 Å². The highest BCUT2D eigenvalue weighted by molar-refractivity contribution is 6.00. The van der Waals surface area contributed by atoms with Crippen molar-refractivity contribution in [1.29, 1.82) is 0 Å². The molecule has 34 heavy (non-hydrogen) atoms. The monoisotopic (exact) mass is 464 g/mol. The smallest absolute Gasteiger partial charge is 0.326 e. The molecule has 0 spiro atoms. The van der Waals surface area contributed by atoms with Gasteiger partial charge >= 0.3 is 12.0 Å². The van der Waals surface area contributed by atoms with E-state index >= 15 is 0 Å². The van der Waals surface area contributed by atoms with E-state index in [9.17, 15) is 19.5 Å². The molecule has 1 aromatic heterocycles. The fraction of sp³-hybridized carbons (Fsp3) is 0.280. The Morgan fingerprint density at radius 2 is 1.44 bits per heavy atom. The zero-order chi connectivity index (χ0) is 24.8. The Kier molecular flexibility index (Phi) is 7.68. The number of benzene rings is 2. The van der Waals surface area contributed by atoms with Gasteiger partial charge in [-0.3, -0.25) is 4.79 Å². The maximum Gasteiger partial charge on any atom is 0.326 e. The molecule has 1 heterocycles. The maximum absolute atomic E-state index is 12.3. The number of hydrogen-bond acceptors (Lipinski definition) is 5. The normalized spacial score (nSPS) is 11.8. The first-order valence-electron chi connectivity index (χ1n) is 10.9. The van der Waals surface area contributed by atoms with Crippen LogP contribution in [0, 0.1) is 5.92 Å². The average molecular weight is 465 g/mol. The van der Waals surface area contributed by atoms with Gasteiger partial charge < -0.3 is 25.6 Å². The molecule has 4 N–H and O–H groups in total. The number of aromatic nitrogens is 1. The molecule has 0 bridgehead atoms. The van der Waals surface area contributed by atoms with Crippen molar-refractivity contribution < 1.29 is 24.0 Å². The predicted molar refractivity (Wildman–Crippen MR) is 129 cm³/mol. The van der Waals surface area contributed by atoms with Crippen molar-refractivity contribution >= 4 is 29.3 Å². The van der Waals surface area contributed by atoms with Crippen LogP contribution in [0.5, 0.6) is 0 Å². The number of amides is 3. The third kappa shape index (κ3) is 6.22. The van der Waals surface area contributed by atoms with Gasteiger partial charge in [-0.2, -0.15) is 0 Å². The van der Waals surface area contributed by atoms with Crippen LogP contribution in [0.3, 0.4) is 0 Å². The number of carbonyl (C=O) groups excluding carboxylic acids is 2. The Hall–Kier alpha value is -4.14. The van der Waals surface area contributed by atoms with Crippen LogP contribution in [0.2, 0.25) is 0 Å². The van der Waals surface area contributed by atoms with Gasteiger partial charge in [0, 0.05) is 23.0 Å². The van der Waals surface area contributed by atoms with Crippen LogP contribution in [0.4, 0.5) is 16.2 Å². The summed E-state index contributed by atoms with van der Waals surface area (Å²) in [5.74, 6) is -1.75. The summed E-state index contributed by atoms with van der Waals surface area (Å²) < 4.78 is 5.09. The fourth-order valence-corrected chi connectivity index (χ4v) is 3.21. The Bertz CT molecular complexity index is 1150. The molecule has 0 aliphatic rings. The summed E-state index contributed by atoms with van der Waals surface area (Å²) in [6.45, 7) is 7.61. The second kappa shape index (κ2) is 10.7. The molecule has 178 valence electrons. The zero-order valence-corrected chi connectivity index (χ0v) is 19.5. The van der Waals surface area contributed by atoms with Crippen molar-refractivity contribution in [3.05, 3.63) is 65.9 Å². The number of carbonyl (C=O) groups is 3. The van der Waals surface area contributed by atoms with Crippen molar-refractivity contribution in [2.75, 3.05) is 10.6 Å². The summed E-state index contributed by atoms with van der Waals surface area (Å²) in [4.78, 5) is 35.9. The molecule has 0 radical (unpaired) electrons. The van der Waals surface area contributed by atoms with Crippen molar-refractivity contribution in [3.63, 3.8) is 0 Å². The maximum atomic E-state index is 12.3. The van der Waals surface area contributed by atoms with E-state index < -0.39 is 17.9 Å². The number of aliphatic carboxylic acids is 1. The van der Waals surface area contributed by atoms with Gasteiger partial charge in [-0.05, 0) is 41.7 Å². The van der Waals surface area contributed by atoms with E-state index in [0.717, 1.165) is 0 Å². The molecule has 0 unspecified atom stereocenters. The lowest BCUT2D eigenvalue weighted by Crippen LogP contribution is -2.44. The Morgan fingerprint density at radius 1 is 0.882 bits per heavy atom. The average Bonchev–Trinajstić information content (AvgIpc) is 3.28. The molecular weight excluding hydrogens is 436 g/mol. The van der Waals surface area contributed by atoms with Gasteiger partial charge in [0.25, 0.3) is 5.91 Å². The van der Waals surface area contributed by atoms with Gasteiger partial charge in [0.2, 0.25) is 5.76 Å². The number of hydrogen-bond donors (Lipinski definition) is 4. The quantitative estimate of drug-likeness (QED) is 0.373. The first-order chi connectivity index (χ1) is 16.1. The third-order valence-corrected chi connectivity index (χ3v) is 5.23. The van der Waals surface area contributed by atoms with Crippen molar-refractivity contribution in [2.24, 2.45) is 5.92 Å². The number of carboxylic acids is 1. The van der Waals surface area contributed by atoms with Gasteiger partial charge in [0.1, 0.15) is 11.7 Å². The predicted octanol–water partition coefficient (Wildman–Crippen LogP) is 4.95. The number of nitrogens with one attached hydrogen (secondary N) is 3. The lowest BCUT2D eigenvalue weighted by atomic mass is 10.0. The molecule has 1 atom stereocenters. The Morgan fingerprint density at radius 3 is 1.94 bits per heavy atom. The highest BCUT2D eigenvalue weighted by Crippen LogP contribution is 2.22. The second-order valence-electron chi connectivity index (χ2n) is 8.54. The highest BCUT2D eigenvalue weighted by Gasteiger charge is 2.25. The van der Waals surface area contributed by atoms with E-state index in [4.69, 9.17) is 4.52 Å².